The fraction of sp³-hybridized carbons (Fsp3) is 0.286. The van der Waals surface area contributed by atoms with Crippen LogP contribution < -0.4 is 4.72 Å². The van der Waals surface area contributed by atoms with E-state index in [0.717, 1.165) is 18.4 Å². The monoisotopic (exact) mass is 327 g/mol. The molecule has 1 unspecified atom stereocenters. The third-order valence-electron chi connectivity index (χ3n) is 3.36. The highest BCUT2D eigenvalue weighted by Crippen LogP contribution is 2.42. The number of hydrogen-bond donors (Lipinski definition) is 1. The summed E-state index contributed by atoms with van der Waals surface area (Å²) in [7, 11) is -3.44. The van der Waals surface area contributed by atoms with Gasteiger partial charge in [0.25, 0.3) is 10.0 Å². The Morgan fingerprint density at radius 2 is 1.90 bits per heavy atom. The summed E-state index contributed by atoms with van der Waals surface area (Å²) in [6, 6.07) is 10.6. The van der Waals surface area contributed by atoms with E-state index < -0.39 is 10.0 Å². The maximum Gasteiger partial charge on any atom is 0.250 e. The second-order valence-corrected chi connectivity index (χ2v) is 8.24. The van der Waals surface area contributed by atoms with Gasteiger partial charge in [-0.05, 0) is 47.9 Å². The van der Waals surface area contributed by atoms with E-state index >= 15 is 0 Å². The second-order valence-electron chi connectivity index (χ2n) is 4.92. The Morgan fingerprint density at radius 3 is 2.45 bits per heavy atom. The van der Waals surface area contributed by atoms with Crippen LogP contribution in [-0.2, 0) is 10.0 Å². The van der Waals surface area contributed by atoms with Crippen molar-refractivity contribution in [2.75, 3.05) is 0 Å². The van der Waals surface area contributed by atoms with Crippen molar-refractivity contribution in [1.82, 2.24) is 4.72 Å². The zero-order valence-corrected chi connectivity index (χ0v) is 13.0. The van der Waals surface area contributed by atoms with Crippen molar-refractivity contribution >= 4 is 33.0 Å². The Bertz CT molecular complexity index is 676. The van der Waals surface area contributed by atoms with Crippen molar-refractivity contribution in [2.45, 2.75) is 23.1 Å². The zero-order valence-electron chi connectivity index (χ0n) is 10.6. The van der Waals surface area contributed by atoms with E-state index in [1.807, 2.05) is 12.1 Å². The van der Waals surface area contributed by atoms with Gasteiger partial charge in [-0.25, -0.2) is 13.1 Å². The van der Waals surface area contributed by atoms with Gasteiger partial charge in [0.1, 0.15) is 4.21 Å². The SMILES string of the molecule is O=S(=O)(NC(c1ccc(Cl)cc1)C1CC1)c1cccs1. The third-order valence-corrected chi connectivity index (χ3v) is 6.46. The lowest BCUT2D eigenvalue weighted by atomic mass is 10.0. The molecule has 20 heavy (non-hydrogen) atoms. The minimum atomic E-state index is -3.44. The van der Waals surface area contributed by atoms with E-state index in [0.29, 0.717) is 15.1 Å². The molecule has 1 aliphatic rings. The standard InChI is InChI=1S/C14H14ClNO2S2/c15-12-7-5-11(6-8-12)14(10-3-4-10)16-20(17,18)13-2-1-9-19-13/h1-2,5-10,14,16H,3-4H2. The maximum absolute atomic E-state index is 12.3. The van der Waals surface area contributed by atoms with Crippen LogP contribution in [0.3, 0.4) is 0 Å². The predicted molar refractivity (Wildman–Crippen MR) is 81.6 cm³/mol. The van der Waals surface area contributed by atoms with Crippen LogP contribution in [0.1, 0.15) is 24.4 Å². The summed E-state index contributed by atoms with van der Waals surface area (Å²) in [5.74, 6) is 0.380. The van der Waals surface area contributed by atoms with Gasteiger partial charge in [0, 0.05) is 11.1 Å². The largest absolute Gasteiger partial charge is 0.250 e. The van der Waals surface area contributed by atoms with Crippen LogP contribution in [-0.4, -0.2) is 8.42 Å². The van der Waals surface area contributed by atoms with Crippen molar-refractivity contribution in [3.63, 3.8) is 0 Å². The number of rotatable bonds is 5. The smallest absolute Gasteiger partial charge is 0.206 e. The molecule has 1 atom stereocenters. The van der Waals surface area contributed by atoms with Crippen molar-refractivity contribution in [3.8, 4) is 0 Å². The van der Waals surface area contributed by atoms with Gasteiger partial charge in [0.2, 0.25) is 0 Å². The molecule has 1 heterocycles. The number of hydrogen-bond acceptors (Lipinski definition) is 3. The Labute approximate surface area is 127 Å². The van der Waals surface area contributed by atoms with E-state index in [2.05, 4.69) is 4.72 Å². The van der Waals surface area contributed by atoms with Crippen molar-refractivity contribution in [3.05, 3.63) is 52.4 Å². The van der Waals surface area contributed by atoms with Crippen molar-refractivity contribution in [1.29, 1.82) is 0 Å². The molecule has 1 aromatic heterocycles. The normalized spacial score (nSPS) is 17.1. The molecule has 0 amide bonds. The molecule has 2 aromatic rings. The van der Waals surface area contributed by atoms with Gasteiger partial charge >= 0.3 is 0 Å². The van der Waals surface area contributed by atoms with Gasteiger partial charge in [-0.2, -0.15) is 0 Å². The van der Waals surface area contributed by atoms with Gasteiger partial charge in [-0.3, -0.25) is 0 Å². The maximum atomic E-state index is 12.3. The van der Waals surface area contributed by atoms with Crippen LogP contribution in [0.2, 0.25) is 5.02 Å². The van der Waals surface area contributed by atoms with Gasteiger partial charge < -0.3 is 0 Å². The number of thiophene rings is 1. The van der Waals surface area contributed by atoms with Crippen molar-refractivity contribution < 1.29 is 8.42 Å². The van der Waals surface area contributed by atoms with Crippen LogP contribution in [0.5, 0.6) is 0 Å². The van der Waals surface area contributed by atoms with Crippen LogP contribution in [0, 0.1) is 5.92 Å². The fourth-order valence-electron chi connectivity index (χ4n) is 2.18. The van der Waals surface area contributed by atoms with Gasteiger partial charge in [0.15, 0.2) is 0 Å². The summed E-state index contributed by atoms with van der Waals surface area (Å²) in [5, 5.41) is 2.42. The molecular formula is C14H14ClNO2S2. The zero-order chi connectivity index (χ0) is 14.2. The van der Waals surface area contributed by atoms with E-state index in [-0.39, 0.29) is 6.04 Å². The Kier molecular flexibility index (Phi) is 3.86. The molecule has 0 aliphatic heterocycles. The molecule has 0 radical (unpaired) electrons. The van der Waals surface area contributed by atoms with Crippen LogP contribution in [0.4, 0.5) is 0 Å². The van der Waals surface area contributed by atoms with Gasteiger partial charge in [-0.1, -0.05) is 29.8 Å². The molecule has 0 bridgehead atoms. The second kappa shape index (κ2) is 5.48. The van der Waals surface area contributed by atoms with Gasteiger partial charge in [-0.15, -0.1) is 11.3 Å². The molecular weight excluding hydrogens is 314 g/mol. The molecule has 1 N–H and O–H groups in total. The average Bonchev–Trinajstić information content (AvgIpc) is 3.10. The number of nitrogens with one attached hydrogen (secondary N) is 1. The molecule has 0 saturated heterocycles. The predicted octanol–water partition coefficient (Wildman–Crippen LogP) is 3.83. The topological polar surface area (TPSA) is 46.2 Å². The number of halogens is 1. The lowest BCUT2D eigenvalue weighted by Gasteiger charge is -2.18. The van der Waals surface area contributed by atoms with Crippen LogP contribution >= 0.6 is 22.9 Å². The Morgan fingerprint density at radius 1 is 1.20 bits per heavy atom. The van der Waals surface area contributed by atoms with Crippen molar-refractivity contribution in [2.24, 2.45) is 5.92 Å². The van der Waals surface area contributed by atoms with Crippen LogP contribution in [0.15, 0.2) is 46.0 Å². The lowest BCUT2D eigenvalue weighted by molar-refractivity contribution is 0.530. The van der Waals surface area contributed by atoms with E-state index in [4.69, 9.17) is 11.6 Å². The summed E-state index contributed by atoms with van der Waals surface area (Å²) >= 11 is 7.12. The lowest BCUT2D eigenvalue weighted by Crippen LogP contribution is -2.29. The molecule has 3 nitrogen and oxygen atoms in total. The summed E-state index contributed by atoms with van der Waals surface area (Å²) in [6.45, 7) is 0. The highest BCUT2D eigenvalue weighted by atomic mass is 35.5. The molecule has 1 aromatic carbocycles. The third kappa shape index (κ3) is 3.06. The first-order valence-electron chi connectivity index (χ1n) is 6.37. The molecule has 0 spiro atoms. The molecule has 6 heteroatoms. The summed E-state index contributed by atoms with van der Waals surface area (Å²) in [4.78, 5) is 0. The number of benzene rings is 1. The molecule has 1 fully saturated rings. The minimum Gasteiger partial charge on any atom is -0.206 e. The Hall–Kier alpha value is -0.880. The quantitative estimate of drug-likeness (QED) is 0.907. The van der Waals surface area contributed by atoms with Crippen LogP contribution in [0.25, 0.3) is 0 Å². The molecule has 3 rings (SSSR count). The summed E-state index contributed by atoms with van der Waals surface area (Å²) < 4.78 is 27.9. The first-order chi connectivity index (χ1) is 9.56. The summed E-state index contributed by atoms with van der Waals surface area (Å²) in [5.41, 5.74) is 0.969. The highest BCUT2D eigenvalue weighted by Gasteiger charge is 2.35. The molecule has 1 aliphatic carbocycles. The molecule has 1 saturated carbocycles. The first-order valence-corrected chi connectivity index (χ1v) is 9.12. The highest BCUT2D eigenvalue weighted by molar-refractivity contribution is 7.91. The van der Waals surface area contributed by atoms with E-state index in [9.17, 15) is 8.42 Å². The fourth-order valence-corrected chi connectivity index (χ4v) is 4.61. The van der Waals surface area contributed by atoms with E-state index in [1.165, 1.54) is 11.3 Å². The van der Waals surface area contributed by atoms with Gasteiger partial charge in [0.05, 0.1) is 0 Å². The van der Waals surface area contributed by atoms with E-state index in [1.54, 1.807) is 29.6 Å². The average molecular weight is 328 g/mol. The number of sulfonamides is 1. The first kappa shape index (κ1) is 14.1. The Balaban J connectivity index is 1.87. The summed E-state index contributed by atoms with van der Waals surface area (Å²) in [6.07, 6.45) is 2.11. The molecule has 106 valence electrons. The minimum absolute atomic E-state index is 0.167.